The standard InChI is InChI=1S/C14H20OS/c1-11(2)7-8-13(15)10-16-14-6-4-5-12(3)9-14/h4-6,9,13,15H,1,7-8,10H2,2-3H3. The minimum Gasteiger partial charge on any atom is -0.392 e. The van der Waals surface area contributed by atoms with Crippen LogP contribution in [0.25, 0.3) is 0 Å². The van der Waals surface area contributed by atoms with E-state index in [1.807, 2.05) is 6.92 Å². The van der Waals surface area contributed by atoms with Gasteiger partial charge in [0.05, 0.1) is 6.10 Å². The van der Waals surface area contributed by atoms with Crippen molar-refractivity contribution in [2.75, 3.05) is 5.75 Å². The number of hydrogen-bond acceptors (Lipinski definition) is 2. The normalized spacial score (nSPS) is 12.4. The van der Waals surface area contributed by atoms with Crippen molar-refractivity contribution in [3.05, 3.63) is 42.0 Å². The molecule has 0 saturated heterocycles. The SMILES string of the molecule is C=C(C)CCC(O)CSc1cccc(C)c1. The molecule has 0 radical (unpaired) electrons. The maximum Gasteiger partial charge on any atom is 0.0637 e. The van der Waals surface area contributed by atoms with Crippen LogP contribution in [0.15, 0.2) is 41.3 Å². The van der Waals surface area contributed by atoms with Gasteiger partial charge in [-0.05, 0) is 38.8 Å². The summed E-state index contributed by atoms with van der Waals surface area (Å²) in [4.78, 5) is 1.23. The van der Waals surface area contributed by atoms with Crippen molar-refractivity contribution in [3.8, 4) is 0 Å². The molecule has 1 rings (SSSR count). The molecule has 1 nitrogen and oxygen atoms in total. The molecule has 16 heavy (non-hydrogen) atoms. The molecule has 1 aromatic rings. The summed E-state index contributed by atoms with van der Waals surface area (Å²) in [5, 5.41) is 9.77. The monoisotopic (exact) mass is 236 g/mol. The van der Waals surface area contributed by atoms with E-state index in [0.717, 1.165) is 24.2 Å². The molecule has 0 aliphatic rings. The summed E-state index contributed by atoms with van der Waals surface area (Å²) in [6.45, 7) is 7.92. The maximum absolute atomic E-state index is 9.77. The van der Waals surface area contributed by atoms with E-state index < -0.39 is 0 Å². The quantitative estimate of drug-likeness (QED) is 0.599. The third-order valence-corrected chi connectivity index (χ3v) is 3.47. The topological polar surface area (TPSA) is 20.2 Å². The highest BCUT2D eigenvalue weighted by Gasteiger charge is 2.05. The van der Waals surface area contributed by atoms with E-state index in [9.17, 15) is 5.11 Å². The zero-order chi connectivity index (χ0) is 12.0. The maximum atomic E-state index is 9.77. The van der Waals surface area contributed by atoms with Gasteiger partial charge in [-0.1, -0.05) is 23.3 Å². The van der Waals surface area contributed by atoms with Gasteiger partial charge in [0, 0.05) is 10.6 Å². The fourth-order valence-corrected chi connectivity index (χ4v) is 2.39. The molecular formula is C14H20OS. The highest BCUT2D eigenvalue weighted by molar-refractivity contribution is 7.99. The first kappa shape index (κ1) is 13.3. The lowest BCUT2D eigenvalue weighted by Gasteiger charge is -2.10. The molecule has 2 heteroatoms. The summed E-state index contributed by atoms with van der Waals surface area (Å²) >= 11 is 1.71. The number of aryl methyl sites for hydroxylation is 1. The fraction of sp³-hybridized carbons (Fsp3) is 0.429. The number of aliphatic hydroxyl groups is 1. The predicted octanol–water partition coefficient (Wildman–Crippen LogP) is 3.80. The van der Waals surface area contributed by atoms with Crippen LogP contribution in [0, 0.1) is 6.92 Å². The Morgan fingerprint density at radius 3 is 2.88 bits per heavy atom. The van der Waals surface area contributed by atoms with Crippen LogP contribution >= 0.6 is 11.8 Å². The van der Waals surface area contributed by atoms with Gasteiger partial charge in [0.2, 0.25) is 0 Å². The Bertz CT molecular complexity index is 346. The smallest absolute Gasteiger partial charge is 0.0637 e. The molecular weight excluding hydrogens is 216 g/mol. The summed E-state index contributed by atoms with van der Waals surface area (Å²) < 4.78 is 0. The van der Waals surface area contributed by atoms with Gasteiger partial charge in [-0.25, -0.2) is 0 Å². The van der Waals surface area contributed by atoms with Gasteiger partial charge in [0.1, 0.15) is 0 Å². The molecule has 1 aromatic carbocycles. The van der Waals surface area contributed by atoms with Crippen LogP contribution in [-0.4, -0.2) is 17.0 Å². The van der Waals surface area contributed by atoms with E-state index >= 15 is 0 Å². The number of rotatable bonds is 6. The minimum atomic E-state index is -0.234. The van der Waals surface area contributed by atoms with Crippen molar-refractivity contribution >= 4 is 11.8 Å². The summed E-state index contributed by atoms with van der Waals surface area (Å²) in [5.41, 5.74) is 2.40. The van der Waals surface area contributed by atoms with Crippen molar-refractivity contribution in [1.29, 1.82) is 0 Å². The number of aliphatic hydroxyl groups excluding tert-OH is 1. The first-order chi connectivity index (χ1) is 7.58. The average Bonchev–Trinajstić information content (AvgIpc) is 2.23. The van der Waals surface area contributed by atoms with E-state index in [4.69, 9.17) is 0 Å². The molecule has 0 bridgehead atoms. The van der Waals surface area contributed by atoms with Crippen LogP contribution in [0.2, 0.25) is 0 Å². The van der Waals surface area contributed by atoms with Crippen LogP contribution in [0.4, 0.5) is 0 Å². The van der Waals surface area contributed by atoms with Gasteiger partial charge >= 0.3 is 0 Å². The third-order valence-electron chi connectivity index (χ3n) is 2.34. The largest absolute Gasteiger partial charge is 0.392 e. The van der Waals surface area contributed by atoms with Crippen molar-refractivity contribution < 1.29 is 5.11 Å². The number of benzene rings is 1. The highest BCUT2D eigenvalue weighted by atomic mass is 32.2. The summed E-state index contributed by atoms with van der Waals surface area (Å²) in [6, 6.07) is 8.37. The van der Waals surface area contributed by atoms with Gasteiger partial charge in [-0.2, -0.15) is 0 Å². The van der Waals surface area contributed by atoms with E-state index in [1.54, 1.807) is 11.8 Å². The molecule has 1 N–H and O–H groups in total. The third kappa shape index (κ3) is 5.38. The van der Waals surface area contributed by atoms with E-state index in [2.05, 4.69) is 37.8 Å². The second-order valence-corrected chi connectivity index (χ2v) is 5.37. The zero-order valence-electron chi connectivity index (χ0n) is 10.1. The summed E-state index contributed by atoms with van der Waals surface area (Å²) in [6.07, 6.45) is 1.49. The minimum absolute atomic E-state index is 0.234. The Kier molecular flexibility index (Phi) is 5.64. The van der Waals surface area contributed by atoms with E-state index in [0.29, 0.717) is 0 Å². The Hall–Kier alpha value is -0.730. The number of hydrogen-bond donors (Lipinski definition) is 1. The summed E-state index contributed by atoms with van der Waals surface area (Å²) in [7, 11) is 0. The number of allylic oxidation sites excluding steroid dienone is 1. The van der Waals surface area contributed by atoms with Gasteiger partial charge in [0.15, 0.2) is 0 Å². The van der Waals surface area contributed by atoms with Gasteiger partial charge in [0.25, 0.3) is 0 Å². The Balaban J connectivity index is 2.31. The zero-order valence-corrected chi connectivity index (χ0v) is 10.9. The van der Waals surface area contributed by atoms with Crippen LogP contribution in [0.3, 0.4) is 0 Å². The van der Waals surface area contributed by atoms with Crippen LogP contribution in [0.5, 0.6) is 0 Å². The van der Waals surface area contributed by atoms with Gasteiger partial charge in [-0.3, -0.25) is 0 Å². The first-order valence-corrected chi connectivity index (χ1v) is 6.58. The van der Waals surface area contributed by atoms with E-state index in [-0.39, 0.29) is 6.10 Å². The first-order valence-electron chi connectivity index (χ1n) is 5.60. The van der Waals surface area contributed by atoms with Gasteiger partial charge < -0.3 is 5.11 Å². The average molecular weight is 236 g/mol. The molecule has 0 fully saturated rings. The Labute approximate surface area is 103 Å². The fourth-order valence-electron chi connectivity index (χ4n) is 1.39. The van der Waals surface area contributed by atoms with Crippen LogP contribution in [0.1, 0.15) is 25.3 Å². The summed E-state index contributed by atoms with van der Waals surface area (Å²) in [5.74, 6) is 0.761. The second-order valence-electron chi connectivity index (χ2n) is 4.28. The molecule has 1 atom stereocenters. The molecule has 0 aromatic heterocycles. The Morgan fingerprint density at radius 1 is 1.50 bits per heavy atom. The van der Waals surface area contributed by atoms with Crippen LogP contribution in [-0.2, 0) is 0 Å². The molecule has 0 spiro atoms. The molecule has 0 aliphatic carbocycles. The van der Waals surface area contributed by atoms with Crippen LogP contribution < -0.4 is 0 Å². The van der Waals surface area contributed by atoms with Crippen molar-refractivity contribution in [2.24, 2.45) is 0 Å². The molecule has 1 unspecified atom stereocenters. The Morgan fingerprint density at radius 2 is 2.25 bits per heavy atom. The highest BCUT2D eigenvalue weighted by Crippen LogP contribution is 2.21. The second kappa shape index (κ2) is 6.77. The lowest BCUT2D eigenvalue weighted by molar-refractivity contribution is 0.189. The predicted molar refractivity (Wildman–Crippen MR) is 72.0 cm³/mol. The molecule has 0 saturated carbocycles. The molecule has 0 heterocycles. The molecule has 88 valence electrons. The lowest BCUT2D eigenvalue weighted by atomic mass is 10.1. The van der Waals surface area contributed by atoms with Gasteiger partial charge in [-0.15, -0.1) is 18.3 Å². The number of thioether (sulfide) groups is 1. The van der Waals surface area contributed by atoms with Crippen molar-refractivity contribution in [1.82, 2.24) is 0 Å². The molecule has 0 amide bonds. The van der Waals surface area contributed by atoms with Crippen molar-refractivity contribution in [2.45, 2.75) is 37.7 Å². The van der Waals surface area contributed by atoms with E-state index in [1.165, 1.54) is 10.5 Å². The van der Waals surface area contributed by atoms with Crippen molar-refractivity contribution in [3.63, 3.8) is 0 Å². The lowest BCUT2D eigenvalue weighted by Crippen LogP contribution is -2.09. The molecule has 0 aliphatic heterocycles.